The first kappa shape index (κ1) is 19.2. The molecule has 0 radical (unpaired) electrons. The Balaban J connectivity index is 3.01. The molecule has 0 heterocycles. The molecule has 1 aromatic rings. The molecule has 0 aromatic heterocycles. The number of ether oxygens (including phenoxy) is 2. The van der Waals surface area contributed by atoms with Crippen molar-refractivity contribution in [1.82, 2.24) is 0 Å². The van der Waals surface area contributed by atoms with Gasteiger partial charge < -0.3 is 9.47 Å². The number of carbonyl (C=O) groups is 1. The van der Waals surface area contributed by atoms with E-state index < -0.39 is 21.6 Å². The molecule has 6 nitrogen and oxygen atoms in total. The van der Waals surface area contributed by atoms with Crippen molar-refractivity contribution >= 4 is 21.9 Å². The zero-order valence-corrected chi connectivity index (χ0v) is 14.9. The molecular formula is C16H23NO5S. The van der Waals surface area contributed by atoms with Crippen molar-refractivity contribution < 1.29 is 22.7 Å². The Morgan fingerprint density at radius 3 is 2.22 bits per heavy atom. The predicted octanol–water partition coefficient (Wildman–Crippen LogP) is 2.85. The van der Waals surface area contributed by atoms with Crippen molar-refractivity contribution in [2.45, 2.75) is 51.5 Å². The van der Waals surface area contributed by atoms with Gasteiger partial charge in [0.2, 0.25) is 5.90 Å². The first-order valence-corrected chi connectivity index (χ1v) is 8.72. The van der Waals surface area contributed by atoms with E-state index in [1.54, 1.807) is 39.8 Å². The van der Waals surface area contributed by atoms with Gasteiger partial charge in [0.05, 0.1) is 11.5 Å². The van der Waals surface area contributed by atoms with Crippen LogP contribution in [0.2, 0.25) is 0 Å². The van der Waals surface area contributed by atoms with Crippen molar-refractivity contribution in [2.75, 3.05) is 6.61 Å². The van der Waals surface area contributed by atoms with Crippen LogP contribution < -0.4 is 0 Å². The molecule has 0 atom stereocenters. The van der Waals surface area contributed by atoms with Gasteiger partial charge in [0.15, 0.2) is 0 Å². The lowest BCUT2D eigenvalue weighted by Gasteiger charge is -2.19. The minimum absolute atomic E-state index is 0.0458. The fourth-order valence-electron chi connectivity index (χ4n) is 1.67. The van der Waals surface area contributed by atoms with E-state index in [1.165, 1.54) is 12.1 Å². The fraction of sp³-hybridized carbons (Fsp3) is 0.500. The molecular weight excluding hydrogens is 318 g/mol. The van der Waals surface area contributed by atoms with Crippen LogP contribution in [0.5, 0.6) is 0 Å². The minimum Gasteiger partial charge on any atom is -0.480 e. The molecule has 0 fully saturated rings. The summed E-state index contributed by atoms with van der Waals surface area (Å²) in [5.74, 6) is -0.772. The van der Waals surface area contributed by atoms with E-state index >= 15 is 0 Å². The number of hydrogen-bond donors (Lipinski definition) is 0. The minimum atomic E-state index is -3.93. The summed E-state index contributed by atoms with van der Waals surface area (Å²) in [6.07, 6.45) is -0.337. The normalized spacial score (nSPS) is 12.8. The third kappa shape index (κ3) is 6.81. The molecule has 0 amide bonds. The maximum Gasteiger partial charge on any atom is 0.315 e. The molecule has 1 aromatic carbocycles. The van der Waals surface area contributed by atoms with Crippen molar-refractivity contribution in [3.05, 3.63) is 29.8 Å². The highest BCUT2D eigenvalue weighted by atomic mass is 32.2. The van der Waals surface area contributed by atoms with Gasteiger partial charge in [0.25, 0.3) is 10.0 Å². The SMILES string of the molecule is CCO/C(CC(=O)OC(C)(C)C)=N\S(=O)(=O)c1ccc(C)cc1. The monoisotopic (exact) mass is 341 g/mol. The zero-order chi connectivity index (χ0) is 17.7. The molecule has 0 aliphatic rings. The van der Waals surface area contributed by atoms with Crippen molar-refractivity contribution in [2.24, 2.45) is 4.40 Å². The van der Waals surface area contributed by atoms with E-state index in [-0.39, 0.29) is 23.8 Å². The summed E-state index contributed by atoms with van der Waals surface area (Å²) >= 11 is 0. The summed E-state index contributed by atoms with van der Waals surface area (Å²) < 4.78 is 38.5. The van der Waals surface area contributed by atoms with Gasteiger partial charge in [-0.2, -0.15) is 8.42 Å². The summed E-state index contributed by atoms with van der Waals surface area (Å²) in [5, 5.41) is 0. The van der Waals surface area contributed by atoms with Gasteiger partial charge in [0.1, 0.15) is 12.0 Å². The third-order valence-electron chi connectivity index (χ3n) is 2.57. The van der Waals surface area contributed by atoms with Gasteiger partial charge in [-0.1, -0.05) is 17.7 Å². The topological polar surface area (TPSA) is 82.0 Å². The number of hydrogen-bond acceptors (Lipinski definition) is 5. The fourth-order valence-corrected chi connectivity index (χ4v) is 2.65. The predicted molar refractivity (Wildman–Crippen MR) is 87.9 cm³/mol. The van der Waals surface area contributed by atoms with E-state index in [0.29, 0.717) is 0 Å². The molecule has 0 unspecified atom stereocenters. The van der Waals surface area contributed by atoms with E-state index in [9.17, 15) is 13.2 Å². The van der Waals surface area contributed by atoms with Crippen molar-refractivity contribution in [1.29, 1.82) is 0 Å². The van der Waals surface area contributed by atoms with Crippen LogP contribution >= 0.6 is 0 Å². The second-order valence-electron chi connectivity index (χ2n) is 5.97. The quantitative estimate of drug-likeness (QED) is 0.467. The van der Waals surface area contributed by atoms with Crippen LogP contribution in [-0.4, -0.2) is 32.5 Å². The Hall–Kier alpha value is -1.89. The Bertz CT molecular complexity index is 669. The molecule has 7 heteroatoms. The van der Waals surface area contributed by atoms with Crippen LogP contribution in [0, 0.1) is 6.92 Å². The summed E-state index contributed by atoms with van der Waals surface area (Å²) in [5.41, 5.74) is 0.274. The molecule has 0 spiro atoms. The van der Waals surface area contributed by atoms with Crippen LogP contribution in [0.1, 0.15) is 39.7 Å². The van der Waals surface area contributed by atoms with E-state index in [4.69, 9.17) is 9.47 Å². The second-order valence-corrected chi connectivity index (χ2v) is 7.57. The molecule has 0 N–H and O–H groups in total. The maximum atomic E-state index is 12.3. The molecule has 128 valence electrons. The summed E-state index contributed by atoms with van der Waals surface area (Å²) in [6.45, 7) is 8.92. The van der Waals surface area contributed by atoms with Crippen LogP contribution in [0.15, 0.2) is 33.6 Å². The molecule has 0 saturated heterocycles. The van der Waals surface area contributed by atoms with Gasteiger partial charge in [-0.25, -0.2) is 0 Å². The van der Waals surface area contributed by atoms with Gasteiger partial charge in [-0.3, -0.25) is 4.79 Å². The van der Waals surface area contributed by atoms with Gasteiger partial charge in [0, 0.05) is 0 Å². The van der Waals surface area contributed by atoms with Crippen LogP contribution in [0.3, 0.4) is 0 Å². The number of carbonyl (C=O) groups excluding carboxylic acids is 1. The standard InChI is InChI=1S/C16H23NO5S/c1-6-21-14(11-15(18)22-16(3,4)5)17-23(19,20)13-9-7-12(2)8-10-13/h7-10H,6,11H2,1-5H3/b17-14-. The van der Waals surface area contributed by atoms with Crippen molar-refractivity contribution in [3.8, 4) is 0 Å². The molecule has 0 aliphatic carbocycles. The summed E-state index contributed by atoms with van der Waals surface area (Å²) in [7, 11) is -3.93. The molecule has 1 rings (SSSR count). The molecule has 0 saturated carbocycles. The highest BCUT2D eigenvalue weighted by molar-refractivity contribution is 7.90. The lowest BCUT2D eigenvalue weighted by atomic mass is 10.2. The van der Waals surface area contributed by atoms with E-state index in [0.717, 1.165) is 5.56 Å². The van der Waals surface area contributed by atoms with Crippen molar-refractivity contribution in [3.63, 3.8) is 0 Å². The molecule has 0 aliphatic heterocycles. The number of sulfonamides is 1. The Morgan fingerprint density at radius 1 is 1.17 bits per heavy atom. The second kappa shape index (κ2) is 7.59. The van der Waals surface area contributed by atoms with Crippen LogP contribution in [0.4, 0.5) is 0 Å². The Kier molecular flexibility index (Phi) is 6.32. The summed E-state index contributed by atoms with van der Waals surface area (Å²) in [6, 6.07) is 6.28. The Labute approximate surface area is 137 Å². The number of rotatable bonds is 5. The summed E-state index contributed by atoms with van der Waals surface area (Å²) in [4.78, 5) is 11.9. The van der Waals surface area contributed by atoms with E-state index in [1.807, 2.05) is 6.92 Å². The average Bonchev–Trinajstić information content (AvgIpc) is 2.36. The molecule has 0 bridgehead atoms. The first-order chi connectivity index (χ1) is 10.5. The third-order valence-corrected chi connectivity index (χ3v) is 3.88. The Morgan fingerprint density at radius 2 is 1.74 bits per heavy atom. The number of nitrogens with zero attached hydrogens (tertiary/aromatic N) is 1. The van der Waals surface area contributed by atoms with Gasteiger partial charge in [-0.05, 0) is 46.8 Å². The van der Waals surface area contributed by atoms with Crippen LogP contribution in [-0.2, 0) is 24.3 Å². The highest BCUT2D eigenvalue weighted by Gasteiger charge is 2.21. The first-order valence-electron chi connectivity index (χ1n) is 7.28. The largest absolute Gasteiger partial charge is 0.480 e. The smallest absolute Gasteiger partial charge is 0.315 e. The lowest BCUT2D eigenvalue weighted by molar-refractivity contribution is -0.153. The van der Waals surface area contributed by atoms with Gasteiger partial charge in [-0.15, -0.1) is 4.40 Å². The van der Waals surface area contributed by atoms with Crippen LogP contribution in [0.25, 0.3) is 0 Å². The van der Waals surface area contributed by atoms with Gasteiger partial charge >= 0.3 is 5.97 Å². The number of aryl methyl sites for hydroxylation is 1. The highest BCUT2D eigenvalue weighted by Crippen LogP contribution is 2.15. The van der Waals surface area contributed by atoms with E-state index in [2.05, 4.69) is 4.40 Å². The number of esters is 1. The zero-order valence-electron chi connectivity index (χ0n) is 14.1. The number of benzene rings is 1. The maximum absolute atomic E-state index is 12.3. The lowest BCUT2D eigenvalue weighted by Crippen LogP contribution is -2.26. The average molecular weight is 341 g/mol. The molecule has 23 heavy (non-hydrogen) atoms.